The first-order valence-electron chi connectivity index (χ1n) is 8.49. The number of nitriles is 1. The molecular weight excluding hydrogens is 329 g/mol. The summed E-state index contributed by atoms with van der Waals surface area (Å²) in [5.74, 6) is -0.265. The summed E-state index contributed by atoms with van der Waals surface area (Å²) in [5, 5.41) is 9.73. The molecule has 2 aromatic carbocycles. The van der Waals surface area contributed by atoms with Crippen LogP contribution in [0.15, 0.2) is 54.7 Å². The van der Waals surface area contributed by atoms with Gasteiger partial charge in [-0.3, -0.25) is 9.69 Å². The summed E-state index contributed by atoms with van der Waals surface area (Å²) in [5.41, 5.74) is 2.44. The second kappa shape index (κ2) is 7.94. The van der Waals surface area contributed by atoms with Gasteiger partial charge in [-0.15, -0.1) is 0 Å². The highest BCUT2D eigenvalue weighted by atomic mass is 19.1. The molecule has 1 heterocycles. The number of hydrogen-bond donors (Lipinski definition) is 0. The normalized spacial score (nSPS) is 11.0. The van der Waals surface area contributed by atoms with Crippen molar-refractivity contribution in [2.45, 2.75) is 19.5 Å². The number of hydrogen-bond acceptors (Lipinski definition) is 3. The fourth-order valence-electron chi connectivity index (χ4n) is 3.16. The van der Waals surface area contributed by atoms with Gasteiger partial charge in [0.25, 0.3) is 0 Å². The van der Waals surface area contributed by atoms with Crippen molar-refractivity contribution in [2.75, 3.05) is 13.6 Å². The minimum absolute atomic E-state index is 0.0100. The van der Waals surface area contributed by atoms with Gasteiger partial charge in [0.1, 0.15) is 5.82 Å². The number of carbonyl (C=O) groups excluding carboxylic acids is 1. The third-order valence-electron chi connectivity index (χ3n) is 4.31. The predicted octanol–water partition coefficient (Wildman–Crippen LogP) is 4.01. The number of likely N-dealkylation sites (N-methyl/N-ethyl adjacent to an activating group) is 1. The Hall–Kier alpha value is -2.97. The Kier molecular flexibility index (Phi) is 5.45. The smallest absolute Gasteiger partial charge is 0.178 e. The summed E-state index contributed by atoms with van der Waals surface area (Å²) in [4.78, 5) is 14.7. The fourth-order valence-corrected chi connectivity index (χ4v) is 3.16. The van der Waals surface area contributed by atoms with E-state index in [0.29, 0.717) is 25.1 Å². The van der Waals surface area contributed by atoms with Crippen molar-refractivity contribution in [1.82, 2.24) is 9.47 Å². The fraction of sp³-hybridized carbons (Fsp3) is 0.238. The summed E-state index contributed by atoms with van der Waals surface area (Å²) in [6.45, 7) is 1.29. The monoisotopic (exact) mass is 349 g/mol. The molecule has 0 saturated carbocycles. The molecule has 3 rings (SSSR count). The molecule has 0 aliphatic carbocycles. The maximum atomic E-state index is 13.3. The summed E-state index contributed by atoms with van der Waals surface area (Å²) in [6.07, 6.45) is 2.23. The molecular formula is C21H20FN3O. The molecule has 3 aromatic rings. The molecule has 0 aliphatic rings. The van der Waals surface area contributed by atoms with Crippen LogP contribution >= 0.6 is 0 Å². The van der Waals surface area contributed by atoms with Crippen LogP contribution in [0.5, 0.6) is 0 Å². The minimum atomic E-state index is -0.275. The van der Waals surface area contributed by atoms with Crippen molar-refractivity contribution in [3.63, 3.8) is 0 Å². The number of nitrogens with zero attached hydrogens (tertiary/aromatic N) is 3. The number of aryl methyl sites for hydroxylation is 1. The molecule has 1 aromatic heterocycles. The molecule has 26 heavy (non-hydrogen) atoms. The van der Waals surface area contributed by atoms with Crippen LogP contribution in [0.2, 0.25) is 0 Å². The van der Waals surface area contributed by atoms with Crippen molar-refractivity contribution < 1.29 is 9.18 Å². The zero-order valence-electron chi connectivity index (χ0n) is 14.7. The predicted molar refractivity (Wildman–Crippen MR) is 99.2 cm³/mol. The molecule has 0 amide bonds. The van der Waals surface area contributed by atoms with Gasteiger partial charge < -0.3 is 4.57 Å². The number of halogens is 1. The third kappa shape index (κ3) is 3.98. The Labute approximate surface area is 152 Å². The highest BCUT2D eigenvalue weighted by Gasteiger charge is 2.16. The van der Waals surface area contributed by atoms with Crippen LogP contribution in [0.1, 0.15) is 22.3 Å². The largest absolute Gasteiger partial charge is 0.346 e. The zero-order valence-corrected chi connectivity index (χ0v) is 14.7. The van der Waals surface area contributed by atoms with Gasteiger partial charge in [-0.25, -0.2) is 4.39 Å². The number of fused-ring (bicyclic) bond motifs is 1. The summed E-state index contributed by atoms with van der Waals surface area (Å²) >= 11 is 0. The van der Waals surface area contributed by atoms with E-state index in [-0.39, 0.29) is 18.1 Å². The topological polar surface area (TPSA) is 49.0 Å². The van der Waals surface area contributed by atoms with Gasteiger partial charge in [-0.2, -0.15) is 5.26 Å². The number of benzene rings is 2. The van der Waals surface area contributed by atoms with E-state index in [1.807, 2.05) is 53.0 Å². The van der Waals surface area contributed by atoms with Gasteiger partial charge in [0.05, 0.1) is 19.0 Å². The zero-order chi connectivity index (χ0) is 18.5. The SMILES string of the molecule is CN(CC(=O)c1cn(CCC#N)c2ccccc12)Cc1cccc(F)c1. The summed E-state index contributed by atoms with van der Waals surface area (Å²) < 4.78 is 15.3. The van der Waals surface area contributed by atoms with Crippen molar-refractivity contribution in [2.24, 2.45) is 0 Å². The summed E-state index contributed by atoms with van der Waals surface area (Å²) in [7, 11) is 1.84. The second-order valence-electron chi connectivity index (χ2n) is 6.39. The first-order chi connectivity index (χ1) is 12.6. The van der Waals surface area contributed by atoms with E-state index >= 15 is 0 Å². The van der Waals surface area contributed by atoms with Crippen LogP contribution in [0, 0.1) is 17.1 Å². The Balaban J connectivity index is 1.78. The number of rotatable bonds is 7. The standard InChI is InChI=1S/C21H20FN3O/c1-24(13-16-6-4-7-17(22)12-16)15-21(26)19-14-25(11-5-10-23)20-9-3-2-8-18(19)20/h2-4,6-9,12,14H,5,11,13,15H2,1H3. The lowest BCUT2D eigenvalue weighted by molar-refractivity contribution is 0.0944. The molecule has 0 radical (unpaired) electrons. The maximum absolute atomic E-state index is 13.3. The van der Waals surface area contributed by atoms with Gasteiger partial charge in [-0.05, 0) is 30.8 Å². The molecule has 0 N–H and O–H groups in total. The van der Waals surface area contributed by atoms with E-state index < -0.39 is 0 Å². The van der Waals surface area contributed by atoms with Crippen molar-refractivity contribution in [3.05, 3.63) is 71.7 Å². The van der Waals surface area contributed by atoms with Crippen LogP contribution in [0.3, 0.4) is 0 Å². The Morgan fingerprint density at radius 3 is 2.81 bits per heavy atom. The van der Waals surface area contributed by atoms with E-state index in [9.17, 15) is 9.18 Å². The van der Waals surface area contributed by atoms with Crippen molar-refractivity contribution in [1.29, 1.82) is 5.26 Å². The molecule has 0 bridgehead atoms. The van der Waals surface area contributed by atoms with E-state index in [1.165, 1.54) is 12.1 Å². The van der Waals surface area contributed by atoms with Crippen LogP contribution in [-0.4, -0.2) is 28.8 Å². The maximum Gasteiger partial charge on any atom is 0.178 e. The molecule has 0 spiro atoms. The molecule has 4 nitrogen and oxygen atoms in total. The highest BCUT2D eigenvalue weighted by Crippen LogP contribution is 2.22. The Morgan fingerprint density at radius 1 is 1.23 bits per heavy atom. The van der Waals surface area contributed by atoms with E-state index in [1.54, 1.807) is 6.07 Å². The van der Waals surface area contributed by atoms with Crippen LogP contribution < -0.4 is 0 Å². The number of ketones is 1. The number of para-hydroxylation sites is 1. The Bertz CT molecular complexity index is 971. The number of carbonyl (C=O) groups is 1. The average molecular weight is 349 g/mol. The van der Waals surface area contributed by atoms with Crippen LogP contribution in [0.25, 0.3) is 10.9 Å². The molecule has 0 fully saturated rings. The van der Waals surface area contributed by atoms with E-state index in [0.717, 1.165) is 16.5 Å². The van der Waals surface area contributed by atoms with Crippen molar-refractivity contribution >= 4 is 16.7 Å². The van der Waals surface area contributed by atoms with Gasteiger partial charge in [-0.1, -0.05) is 30.3 Å². The molecule has 0 aliphatic heterocycles. The first kappa shape index (κ1) is 17.8. The van der Waals surface area contributed by atoms with E-state index in [4.69, 9.17) is 5.26 Å². The van der Waals surface area contributed by atoms with Gasteiger partial charge in [0, 0.05) is 35.8 Å². The molecule has 0 saturated heterocycles. The quantitative estimate of drug-likeness (QED) is 0.606. The lowest BCUT2D eigenvalue weighted by Crippen LogP contribution is -2.25. The van der Waals surface area contributed by atoms with Crippen molar-refractivity contribution in [3.8, 4) is 6.07 Å². The third-order valence-corrected chi connectivity index (χ3v) is 4.31. The first-order valence-corrected chi connectivity index (χ1v) is 8.49. The molecule has 0 atom stereocenters. The molecule has 132 valence electrons. The molecule has 0 unspecified atom stereocenters. The average Bonchev–Trinajstić information content (AvgIpc) is 2.99. The van der Waals surface area contributed by atoms with Crippen LogP contribution in [0.4, 0.5) is 4.39 Å². The second-order valence-corrected chi connectivity index (χ2v) is 6.39. The lowest BCUT2D eigenvalue weighted by atomic mass is 10.1. The van der Waals surface area contributed by atoms with Gasteiger partial charge in [0.15, 0.2) is 5.78 Å². The lowest BCUT2D eigenvalue weighted by Gasteiger charge is -2.15. The highest BCUT2D eigenvalue weighted by molar-refractivity contribution is 6.09. The number of Topliss-reactive ketones (excluding diaryl/α,β-unsaturated/α-hetero) is 1. The van der Waals surface area contributed by atoms with Crippen LogP contribution in [-0.2, 0) is 13.1 Å². The minimum Gasteiger partial charge on any atom is -0.346 e. The van der Waals surface area contributed by atoms with E-state index in [2.05, 4.69) is 6.07 Å². The molecule has 5 heteroatoms. The van der Waals surface area contributed by atoms with Gasteiger partial charge in [0.2, 0.25) is 0 Å². The summed E-state index contributed by atoms with van der Waals surface area (Å²) in [6, 6.07) is 16.3. The van der Waals surface area contributed by atoms with Gasteiger partial charge >= 0.3 is 0 Å². The Morgan fingerprint density at radius 2 is 2.04 bits per heavy atom. The number of aromatic nitrogens is 1.